The van der Waals surface area contributed by atoms with Gasteiger partial charge in [0.15, 0.2) is 0 Å². The number of hydrogen-bond donors (Lipinski definition) is 1. The van der Waals surface area contributed by atoms with Crippen LogP contribution in [-0.2, 0) is 16.0 Å². The van der Waals surface area contributed by atoms with E-state index in [0.29, 0.717) is 23.7 Å². The van der Waals surface area contributed by atoms with Crippen LogP contribution in [0.25, 0.3) is 0 Å². The summed E-state index contributed by atoms with van der Waals surface area (Å²) in [4.78, 5) is 19.7. The van der Waals surface area contributed by atoms with Crippen molar-refractivity contribution in [1.29, 1.82) is 0 Å². The number of ether oxygens (including phenoxy) is 1. The zero-order valence-electron chi connectivity index (χ0n) is 24.2. The molecule has 0 bridgehead atoms. The molecule has 0 spiro atoms. The molecule has 0 aliphatic heterocycles. The SMILES string of the molecule is CC(C)CCC[C@@H](C)[C@H]1CC[C@H]2[C@@H]3CC=C4C[C@@H](OC(=O)CCc5cnc[nH]5)CC[C@]4(C)[C@H]3CC[C@]12C.[HH]. The smallest absolute Gasteiger partial charge is 0.306 e. The van der Waals surface area contributed by atoms with Crippen molar-refractivity contribution >= 4 is 5.97 Å². The molecule has 8 atom stereocenters. The Kier molecular flexibility index (Phi) is 7.95. The highest BCUT2D eigenvalue weighted by Gasteiger charge is 2.59. The number of allylic oxidation sites excluding steroid dienone is 1. The van der Waals surface area contributed by atoms with Crippen LogP contribution in [0.2, 0.25) is 0 Å². The molecule has 37 heavy (non-hydrogen) atoms. The molecule has 4 aliphatic carbocycles. The molecule has 1 aromatic rings. The van der Waals surface area contributed by atoms with Crippen LogP contribution >= 0.6 is 0 Å². The zero-order chi connectivity index (χ0) is 26.2. The topological polar surface area (TPSA) is 55.0 Å². The van der Waals surface area contributed by atoms with E-state index in [1.54, 1.807) is 18.1 Å². The zero-order valence-corrected chi connectivity index (χ0v) is 24.2. The number of aromatic amines is 1. The molecule has 0 radical (unpaired) electrons. The maximum absolute atomic E-state index is 12.5. The van der Waals surface area contributed by atoms with E-state index in [2.05, 4.69) is 50.7 Å². The number of nitrogens with one attached hydrogen (secondary N) is 1. The summed E-state index contributed by atoms with van der Waals surface area (Å²) < 4.78 is 5.98. The number of hydrogen-bond acceptors (Lipinski definition) is 3. The lowest BCUT2D eigenvalue weighted by Crippen LogP contribution is -2.51. The molecule has 0 saturated heterocycles. The lowest BCUT2D eigenvalue weighted by atomic mass is 9.47. The van der Waals surface area contributed by atoms with Gasteiger partial charge in [0.25, 0.3) is 0 Å². The second-order valence-electron chi connectivity index (χ2n) is 14.2. The highest BCUT2D eigenvalue weighted by molar-refractivity contribution is 5.69. The van der Waals surface area contributed by atoms with Gasteiger partial charge < -0.3 is 9.72 Å². The van der Waals surface area contributed by atoms with Gasteiger partial charge in [-0.25, -0.2) is 4.98 Å². The highest BCUT2D eigenvalue weighted by atomic mass is 16.5. The van der Waals surface area contributed by atoms with Crippen LogP contribution in [0.3, 0.4) is 0 Å². The van der Waals surface area contributed by atoms with Crippen molar-refractivity contribution in [2.75, 3.05) is 0 Å². The fourth-order valence-corrected chi connectivity index (χ4v) is 9.66. The molecule has 4 nitrogen and oxygen atoms in total. The first-order chi connectivity index (χ1) is 17.7. The van der Waals surface area contributed by atoms with Crippen molar-refractivity contribution in [3.05, 3.63) is 29.9 Å². The molecular formula is C33H54N2O2. The first-order valence-corrected chi connectivity index (χ1v) is 15.6. The number of H-pyrrole nitrogens is 1. The van der Waals surface area contributed by atoms with Gasteiger partial charge in [-0.05, 0) is 97.7 Å². The Labute approximate surface area is 227 Å². The van der Waals surface area contributed by atoms with E-state index in [0.717, 1.165) is 54.0 Å². The predicted molar refractivity (Wildman–Crippen MR) is 152 cm³/mol. The fourth-order valence-electron chi connectivity index (χ4n) is 9.66. The first-order valence-electron chi connectivity index (χ1n) is 15.6. The molecule has 0 aromatic carbocycles. The van der Waals surface area contributed by atoms with Gasteiger partial charge in [0, 0.05) is 19.7 Å². The van der Waals surface area contributed by atoms with Crippen molar-refractivity contribution < 1.29 is 11.0 Å². The number of aryl methyl sites for hydroxylation is 1. The van der Waals surface area contributed by atoms with E-state index >= 15 is 0 Å². The summed E-state index contributed by atoms with van der Waals surface area (Å²) >= 11 is 0. The Hall–Kier alpha value is -1.58. The van der Waals surface area contributed by atoms with Crippen LogP contribution < -0.4 is 0 Å². The Balaban J connectivity index is 0.00000336. The number of carbonyl (C=O) groups is 1. The van der Waals surface area contributed by atoms with Crippen LogP contribution in [0.15, 0.2) is 24.2 Å². The van der Waals surface area contributed by atoms with Crippen molar-refractivity contribution in [2.45, 2.75) is 124 Å². The minimum Gasteiger partial charge on any atom is -0.462 e. The van der Waals surface area contributed by atoms with Gasteiger partial charge in [0.05, 0.1) is 12.7 Å². The summed E-state index contributed by atoms with van der Waals surface area (Å²) in [5.74, 6) is 5.13. The minimum atomic E-state index is -0.0644. The van der Waals surface area contributed by atoms with Gasteiger partial charge in [0.2, 0.25) is 0 Å². The quantitative estimate of drug-likeness (QED) is 0.267. The molecule has 3 saturated carbocycles. The fraction of sp³-hybridized carbons (Fsp3) is 0.818. The second-order valence-corrected chi connectivity index (χ2v) is 14.2. The Morgan fingerprint density at radius 2 is 1.97 bits per heavy atom. The maximum atomic E-state index is 12.5. The molecule has 208 valence electrons. The Morgan fingerprint density at radius 3 is 2.73 bits per heavy atom. The molecule has 3 fully saturated rings. The number of carbonyl (C=O) groups excluding carboxylic acids is 1. The number of esters is 1. The van der Waals surface area contributed by atoms with Gasteiger partial charge in [-0.3, -0.25) is 4.79 Å². The summed E-state index contributed by atoms with van der Waals surface area (Å²) in [5, 5.41) is 0. The summed E-state index contributed by atoms with van der Waals surface area (Å²) in [6, 6.07) is 0. The van der Waals surface area contributed by atoms with Crippen molar-refractivity contribution in [3.8, 4) is 0 Å². The average molecular weight is 511 g/mol. The summed E-state index contributed by atoms with van der Waals surface area (Å²) in [6.07, 6.45) is 21.6. The molecule has 1 N–H and O–H groups in total. The van der Waals surface area contributed by atoms with E-state index in [-0.39, 0.29) is 13.5 Å². The molecule has 4 aliphatic rings. The number of aromatic nitrogens is 2. The van der Waals surface area contributed by atoms with Gasteiger partial charge in [0.1, 0.15) is 6.10 Å². The number of rotatable bonds is 9. The normalized spacial score (nSPS) is 37.9. The Bertz CT molecular complexity index is 958. The predicted octanol–water partition coefficient (Wildman–Crippen LogP) is 8.54. The van der Waals surface area contributed by atoms with Gasteiger partial charge in [-0.15, -0.1) is 0 Å². The lowest BCUT2D eigenvalue weighted by Gasteiger charge is -2.58. The van der Waals surface area contributed by atoms with Crippen LogP contribution in [0.5, 0.6) is 0 Å². The number of fused-ring (bicyclic) bond motifs is 5. The molecular weight excluding hydrogens is 456 g/mol. The third-order valence-electron chi connectivity index (χ3n) is 11.7. The lowest BCUT2D eigenvalue weighted by molar-refractivity contribution is -0.151. The van der Waals surface area contributed by atoms with Crippen LogP contribution in [0.1, 0.15) is 119 Å². The van der Waals surface area contributed by atoms with E-state index in [1.807, 2.05) is 0 Å². The van der Waals surface area contributed by atoms with Gasteiger partial charge >= 0.3 is 5.97 Å². The first kappa shape index (κ1) is 27.0. The minimum absolute atomic E-state index is 0. The molecule has 5 rings (SSSR count). The highest BCUT2D eigenvalue weighted by Crippen LogP contribution is 2.67. The Morgan fingerprint density at radius 1 is 1.14 bits per heavy atom. The van der Waals surface area contributed by atoms with E-state index in [9.17, 15) is 4.79 Å². The van der Waals surface area contributed by atoms with Crippen LogP contribution in [-0.4, -0.2) is 22.0 Å². The maximum Gasteiger partial charge on any atom is 0.306 e. The van der Waals surface area contributed by atoms with Crippen LogP contribution in [0, 0.1) is 46.3 Å². The number of imidazole rings is 1. The standard InChI is InChI=1S/C33H52N2O2.H2/c1-22(2)7-6-8-23(3)28-12-13-29-27-11-9-24-19-26(37-31(36)14-10-25-20-34-21-35-25)15-17-32(24,4)30(27)16-18-33(28,29)5;/h9,20-23,26-30H,6-8,10-19H2,1-5H3,(H,34,35);1H/t23-,26+,27+,28-,29+,30+,32+,33-;/m1./s1. The average Bonchev–Trinajstić information content (AvgIpc) is 3.50. The van der Waals surface area contributed by atoms with Crippen molar-refractivity contribution in [2.24, 2.45) is 46.3 Å². The van der Waals surface area contributed by atoms with E-state index in [4.69, 9.17) is 4.74 Å². The third-order valence-corrected chi connectivity index (χ3v) is 11.7. The van der Waals surface area contributed by atoms with Crippen molar-refractivity contribution in [3.63, 3.8) is 0 Å². The third kappa shape index (κ3) is 5.33. The molecule has 1 aromatic heterocycles. The molecule has 0 unspecified atom stereocenters. The van der Waals surface area contributed by atoms with Gasteiger partial charge in [-0.1, -0.05) is 65.5 Å². The summed E-state index contributed by atoms with van der Waals surface area (Å²) in [6.45, 7) is 12.6. The molecule has 0 amide bonds. The summed E-state index contributed by atoms with van der Waals surface area (Å²) in [5.41, 5.74) is 3.45. The van der Waals surface area contributed by atoms with E-state index in [1.165, 1.54) is 57.8 Å². The summed E-state index contributed by atoms with van der Waals surface area (Å²) in [7, 11) is 0. The van der Waals surface area contributed by atoms with E-state index < -0.39 is 0 Å². The van der Waals surface area contributed by atoms with Crippen LogP contribution in [0.4, 0.5) is 0 Å². The monoisotopic (exact) mass is 510 g/mol. The number of nitrogens with zero attached hydrogens (tertiary/aromatic N) is 1. The van der Waals surface area contributed by atoms with Crippen molar-refractivity contribution in [1.82, 2.24) is 9.97 Å². The molecule has 4 heteroatoms. The molecule has 1 heterocycles. The largest absolute Gasteiger partial charge is 0.462 e. The second kappa shape index (κ2) is 10.9. The van der Waals surface area contributed by atoms with Gasteiger partial charge in [-0.2, -0.15) is 0 Å².